The molecular formula is C24H19AsClI. The Morgan fingerprint density at radius 3 is 1.15 bits per heavy atom. The SMILES string of the molecule is Ic1ccccc1[As+](c1ccccc1)(c1ccccc1)c1ccccc1.[Cl-]. The normalized spacial score (nSPS) is 10.9. The predicted molar refractivity (Wildman–Crippen MR) is 123 cm³/mol. The second kappa shape index (κ2) is 9.10. The Balaban J connectivity index is 0.00000210. The Bertz CT molecular complexity index is 892. The Kier molecular flexibility index (Phi) is 6.81. The maximum atomic E-state index is 2.51. The van der Waals surface area contributed by atoms with E-state index in [1.165, 1.54) is 21.0 Å². The van der Waals surface area contributed by atoms with E-state index in [1.807, 2.05) is 0 Å². The Hall–Kier alpha value is -1.54. The quantitative estimate of drug-likeness (QED) is 0.262. The predicted octanol–water partition coefficient (Wildman–Crippen LogP) is 0.673. The van der Waals surface area contributed by atoms with Crippen LogP contribution in [0.15, 0.2) is 115 Å². The van der Waals surface area contributed by atoms with Gasteiger partial charge in [-0.05, 0) is 0 Å². The number of halogens is 2. The molecule has 0 aliphatic carbocycles. The van der Waals surface area contributed by atoms with Crippen LogP contribution in [0.3, 0.4) is 0 Å². The van der Waals surface area contributed by atoms with Gasteiger partial charge in [0.1, 0.15) is 0 Å². The third-order valence-electron chi connectivity index (χ3n) is 4.64. The van der Waals surface area contributed by atoms with Gasteiger partial charge in [-0.25, -0.2) is 0 Å². The van der Waals surface area contributed by atoms with Crippen molar-refractivity contribution in [3.05, 3.63) is 119 Å². The molecule has 0 aliphatic heterocycles. The molecule has 0 aliphatic rings. The molecule has 4 aromatic carbocycles. The van der Waals surface area contributed by atoms with E-state index in [0.29, 0.717) is 0 Å². The summed E-state index contributed by atoms with van der Waals surface area (Å²) in [6, 6.07) is 42.2. The van der Waals surface area contributed by atoms with Crippen LogP contribution in [0.4, 0.5) is 0 Å². The average Bonchev–Trinajstić information content (AvgIpc) is 2.72. The van der Waals surface area contributed by atoms with E-state index in [-0.39, 0.29) is 12.4 Å². The summed E-state index contributed by atoms with van der Waals surface area (Å²) in [5, 5.41) is 0. The molecule has 0 unspecified atom stereocenters. The van der Waals surface area contributed by atoms with Crippen LogP contribution in [0.25, 0.3) is 0 Å². The first-order chi connectivity index (χ1) is 12.8. The van der Waals surface area contributed by atoms with E-state index in [0.717, 1.165) is 0 Å². The van der Waals surface area contributed by atoms with E-state index < -0.39 is 13.6 Å². The minimum absolute atomic E-state index is 0. The van der Waals surface area contributed by atoms with Gasteiger partial charge in [0.05, 0.1) is 0 Å². The smallest absolute Gasteiger partial charge is 1.00 e. The van der Waals surface area contributed by atoms with Gasteiger partial charge in [0.25, 0.3) is 0 Å². The Morgan fingerprint density at radius 2 is 0.778 bits per heavy atom. The molecule has 4 aromatic rings. The van der Waals surface area contributed by atoms with Gasteiger partial charge < -0.3 is 12.4 Å². The van der Waals surface area contributed by atoms with Crippen LogP contribution in [0.5, 0.6) is 0 Å². The third kappa shape index (κ3) is 3.74. The van der Waals surface area contributed by atoms with Crippen LogP contribution < -0.4 is 29.8 Å². The van der Waals surface area contributed by atoms with E-state index in [2.05, 4.69) is 138 Å². The Labute approximate surface area is 183 Å². The van der Waals surface area contributed by atoms with Gasteiger partial charge in [-0.3, -0.25) is 0 Å². The largest absolute Gasteiger partial charge is 1.00 e. The molecule has 0 nitrogen and oxygen atoms in total. The van der Waals surface area contributed by atoms with Crippen molar-refractivity contribution in [2.24, 2.45) is 0 Å². The Morgan fingerprint density at radius 1 is 0.444 bits per heavy atom. The molecule has 0 saturated carbocycles. The molecule has 0 fully saturated rings. The summed E-state index contributed by atoms with van der Waals surface area (Å²) in [6.45, 7) is 0. The molecule has 4 rings (SSSR count). The molecule has 0 saturated heterocycles. The zero-order chi connectivity index (χ0) is 17.8. The van der Waals surface area contributed by atoms with Crippen molar-refractivity contribution in [1.29, 1.82) is 0 Å². The molecule has 3 heteroatoms. The van der Waals surface area contributed by atoms with E-state index >= 15 is 0 Å². The van der Waals surface area contributed by atoms with Crippen LogP contribution in [0.2, 0.25) is 0 Å². The van der Waals surface area contributed by atoms with Gasteiger partial charge in [-0.1, -0.05) is 0 Å². The summed E-state index contributed by atoms with van der Waals surface area (Å²) in [7, 11) is 0. The summed E-state index contributed by atoms with van der Waals surface area (Å²) in [4.78, 5) is 0. The van der Waals surface area contributed by atoms with Crippen LogP contribution in [0.1, 0.15) is 0 Å². The summed E-state index contributed by atoms with van der Waals surface area (Å²) >= 11 is -0.320. The fourth-order valence-electron chi connectivity index (χ4n) is 3.54. The van der Waals surface area contributed by atoms with Gasteiger partial charge >= 0.3 is 172 Å². The molecule has 134 valence electrons. The van der Waals surface area contributed by atoms with Crippen LogP contribution in [0, 0.1) is 3.57 Å². The molecule has 0 heterocycles. The topological polar surface area (TPSA) is 0 Å². The maximum Gasteiger partial charge on any atom is -1.00 e. The molecular weight excluding hydrogens is 526 g/mol. The van der Waals surface area contributed by atoms with Crippen molar-refractivity contribution in [2.45, 2.75) is 0 Å². The molecule has 0 aromatic heterocycles. The average molecular weight is 545 g/mol. The van der Waals surface area contributed by atoms with E-state index in [4.69, 9.17) is 0 Å². The molecule has 27 heavy (non-hydrogen) atoms. The number of hydrogen-bond donors (Lipinski definition) is 0. The molecule has 0 bridgehead atoms. The van der Waals surface area contributed by atoms with Crippen molar-refractivity contribution >= 4 is 53.5 Å². The third-order valence-corrected chi connectivity index (χ3v) is 15.6. The van der Waals surface area contributed by atoms with Gasteiger partial charge in [-0.2, -0.15) is 0 Å². The minimum atomic E-state index is -2.83. The molecule has 0 atom stereocenters. The van der Waals surface area contributed by atoms with E-state index in [1.54, 1.807) is 0 Å². The molecule has 0 amide bonds. The van der Waals surface area contributed by atoms with Crippen molar-refractivity contribution in [1.82, 2.24) is 0 Å². The van der Waals surface area contributed by atoms with Gasteiger partial charge in [-0.15, -0.1) is 0 Å². The standard InChI is InChI=1S/C24H19AsI.ClH/c26-24-19-11-10-18-23(24)25(20-12-4-1-5-13-20,21-14-6-2-7-15-21)22-16-8-3-9-17-22;/h1-19H;1H/q+1;/p-1. The molecule has 0 spiro atoms. The van der Waals surface area contributed by atoms with Crippen LogP contribution in [-0.2, 0) is 0 Å². The summed E-state index contributed by atoms with van der Waals surface area (Å²) in [5.41, 5.74) is 0. The summed E-state index contributed by atoms with van der Waals surface area (Å²) < 4.78 is 7.18. The van der Waals surface area contributed by atoms with Crippen molar-refractivity contribution in [3.63, 3.8) is 0 Å². The fourth-order valence-corrected chi connectivity index (χ4v) is 14.8. The van der Waals surface area contributed by atoms with Crippen LogP contribution in [-0.4, -0.2) is 13.6 Å². The molecule has 0 radical (unpaired) electrons. The molecule has 0 N–H and O–H groups in total. The maximum absolute atomic E-state index is 2.83. The first-order valence-corrected chi connectivity index (χ1v) is 13.5. The fraction of sp³-hybridized carbons (Fsp3) is 0. The van der Waals surface area contributed by atoms with Gasteiger partial charge in [0, 0.05) is 0 Å². The number of hydrogen-bond acceptors (Lipinski definition) is 0. The monoisotopic (exact) mass is 544 g/mol. The van der Waals surface area contributed by atoms with Crippen LogP contribution >= 0.6 is 22.6 Å². The second-order valence-corrected chi connectivity index (χ2v) is 14.4. The first-order valence-electron chi connectivity index (χ1n) is 8.64. The zero-order valence-corrected chi connectivity index (χ0v) is 19.5. The summed E-state index contributed by atoms with van der Waals surface area (Å²) in [6.07, 6.45) is 0. The number of benzene rings is 4. The van der Waals surface area contributed by atoms with Gasteiger partial charge in [0.2, 0.25) is 0 Å². The van der Waals surface area contributed by atoms with Gasteiger partial charge in [0.15, 0.2) is 0 Å². The van der Waals surface area contributed by atoms with Crippen molar-refractivity contribution in [3.8, 4) is 0 Å². The van der Waals surface area contributed by atoms with Crippen molar-refractivity contribution in [2.75, 3.05) is 0 Å². The number of rotatable bonds is 4. The van der Waals surface area contributed by atoms with E-state index in [9.17, 15) is 0 Å². The summed E-state index contributed by atoms with van der Waals surface area (Å²) in [5.74, 6) is 0. The minimum Gasteiger partial charge on any atom is -1.00 e. The zero-order valence-electron chi connectivity index (χ0n) is 14.7. The van der Waals surface area contributed by atoms with Crippen molar-refractivity contribution < 1.29 is 12.4 Å². The second-order valence-electron chi connectivity index (χ2n) is 6.13. The first kappa shape index (κ1) is 20.2.